The predicted molar refractivity (Wildman–Crippen MR) is 106 cm³/mol. The van der Waals surface area contributed by atoms with E-state index in [1.165, 1.54) is 0 Å². The van der Waals surface area contributed by atoms with E-state index in [9.17, 15) is 23.0 Å². The monoisotopic (exact) mass is 410 g/mol. The third-order valence-electron chi connectivity index (χ3n) is 4.63. The second kappa shape index (κ2) is 10.1. The number of benzene rings is 1. The Balaban J connectivity index is 2.00. The van der Waals surface area contributed by atoms with Gasteiger partial charge in [-0.3, -0.25) is 4.79 Å². The van der Waals surface area contributed by atoms with Gasteiger partial charge >= 0.3 is 13.1 Å². The zero-order chi connectivity index (χ0) is 20.7. The van der Waals surface area contributed by atoms with Gasteiger partial charge in [-0.1, -0.05) is 25.5 Å². The molecule has 1 aliphatic heterocycles. The average Bonchev–Trinajstić information content (AvgIpc) is 2.61. The number of fused-ring (bicyclic) bond motifs is 1. The van der Waals surface area contributed by atoms with Gasteiger partial charge in [0.2, 0.25) is 0 Å². The standard InChI is InChI=1S/C19H27BO7S/c1-3-4-10-26-19(22)17-9-5-7-14-12-15(20(23)27-18(14)17)13-16(21)8-6-11-28(2,24)25/h5,7,9,15,23H,3-4,6,8,10-13H2,1-2H3/t15-/m1/s1. The van der Waals surface area contributed by atoms with Gasteiger partial charge in [0.25, 0.3) is 0 Å². The lowest BCUT2D eigenvalue weighted by Gasteiger charge is -2.28. The maximum Gasteiger partial charge on any atom is 0.526 e. The topological polar surface area (TPSA) is 107 Å². The number of para-hydroxylation sites is 1. The molecule has 9 heteroatoms. The molecule has 1 aromatic carbocycles. The lowest BCUT2D eigenvalue weighted by atomic mass is 9.64. The molecule has 2 rings (SSSR count). The number of unbranched alkanes of at least 4 members (excludes halogenated alkanes) is 1. The number of Topliss-reactive ketones (excluding diaryl/α,β-unsaturated/α-hetero) is 1. The first-order valence-electron chi connectivity index (χ1n) is 9.54. The van der Waals surface area contributed by atoms with Crippen LogP contribution < -0.4 is 4.65 Å². The van der Waals surface area contributed by atoms with Crippen LogP contribution in [0.2, 0.25) is 5.82 Å². The highest BCUT2D eigenvalue weighted by Gasteiger charge is 2.37. The zero-order valence-electron chi connectivity index (χ0n) is 16.3. The summed E-state index contributed by atoms with van der Waals surface area (Å²) in [4.78, 5) is 24.4. The van der Waals surface area contributed by atoms with Crippen LogP contribution in [0, 0.1) is 0 Å². The summed E-state index contributed by atoms with van der Waals surface area (Å²) in [6.07, 6.45) is 3.72. The Morgan fingerprint density at radius 2 is 2.07 bits per heavy atom. The van der Waals surface area contributed by atoms with Crippen LogP contribution in [0.25, 0.3) is 0 Å². The Bertz CT molecular complexity index is 807. The van der Waals surface area contributed by atoms with Crippen molar-refractivity contribution >= 4 is 28.7 Å². The fraction of sp³-hybridized carbons (Fsp3) is 0.579. The molecule has 0 bridgehead atoms. The van der Waals surface area contributed by atoms with Gasteiger partial charge < -0.3 is 14.4 Å². The molecule has 1 aliphatic rings. The van der Waals surface area contributed by atoms with Crippen LogP contribution in [0.1, 0.15) is 54.9 Å². The molecule has 0 saturated carbocycles. The third kappa shape index (κ3) is 6.63. The predicted octanol–water partition coefficient (Wildman–Crippen LogP) is 2.21. The molecule has 0 aromatic heterocycles. The van der Waals surface area contributed by atoms with Gasteiger partial charge in [-0.25, -0.2) is 13.2 Å². The summed E-state index contributed by atoms with van der Waals surface area (Å²) in [5, 5.41) is 10.3. The van der Waals surface area contributed by atoms with Gasteiger partial charge in [0, 0.05) is 24.9 Å². The van der Waals surface area contributed by atoms with Crippen molar-refractivity contribution in [2.45, 2.75) is 51.3 Å². The maximum absolute atomic E-state index is 12.3. The average molecular weight is 410 g/mol. The van der Waals surface area contributed by atoms with E-state index >= 15 is 0 Å². The normalized spacial score (nSPS) is 16.2. The molecule has 0 spiro atoms. The molecule has 1 heterocycles. The second-order valence-electron chi connectivity index (χ2n) is 7.23. The fourth-order valence-electron chi connectivity index (χ4n) is 3.13. The van der Waals surface area contributed by atoms with Crippen LogP contribution in [-0.4, -0.2) is 50.9 Å². The Kier molecular flexibility index (Phi) is 8.06. The quantitative estimate of drug-likeness (QED) is 0.358. The molecule has 0 saturated heterocycles. The molecule has 0 aliphatic carbocycles. The maximum atomic E-state index is 12.3. The van der Waals surface area contributed by atoms with Crippen LogP contribution in [0.5, 0.6) is 5.75 Å². The van der Waals surface area contributed by atoms with Crippen LogP contribution in [0.15, 0.2) is 18.2 Å². The number of hydrogen-bond acceptors (Lipinski definition) is 7. The van der Waals surface area contributed by atoms with Crippen molar-refractivity contribution in [3.63, 3.8) is 0 Å². The van der Waals surface area contributed by atoms with Gasteiger partial charge in [0.1, 0.15) is 26.9 Å². The molecule has 154 valence electrons. The first-order chi connectivity index (χ1) is 13.2. The van der Waals surface area contributed by atoms with Crippen molar-refractivity contribution in [3.05, 3.63) is 29.3 Å². The van der Waals surface area contributed by atoms with Crippen LogP contribution in [0.3, 0.4) is 0 Å². The van der Waals surface area contributed by atoms with Gasteiger partial charge in [0.05, 0.1) is 12.4 Å². The molecule has 0 fully saturated rings. The highest BCUT2D eigenvalue weighted by atomic mass is 32.2. The van der Waals surface area contributed by atoms with E-state index < -0.39 is 28.7 Å². The number of ketones is 1. The number of esters is 1. The van der Waals surface area contributed by atoms with Crippen LogP contribution in [-0.2, 0) is 25.8 Å². The molecular formula is C19H27BO7S. The molecular weight excluding hydrogens is 383 g/mol. The van der Waals surface area contributed by atoms with E-state index in [1.807, 2.05) is 6.92 Å². The van der Waals surface area contributed by atoms with Crippen molar-refractivity contribution in [3.8, 4) is 5.75 Å². The van der Waals surface area contributed by atoms with Gasteiger partial charge in [-0.05, 0) is 30.9 Å². The molecule has 28 heavy (non-hydrogen) atoms. The van der Waals surface area contributed by atoms with Gasteiger partial charge in [-0.2, -0.15) is 0 Å². The van der Waals surface area contributed by atoms with E-state index in [4.69, 9.17) is 9.39 Å². The van der Waals surface area contributed by atoms with E-state index in [0.29, 0.717) is 18.8 Å². The minimum Gasteiger partial charge on any atom is -0.535 e. The second-order valence-corrected chi connectivity index (χ2v) is 9.49. The van der Waals surface area contributed by atoms with Crippen molar-refractivity contribution < 1.29 is 32.4 Å². The van der Waals surface area contributed by atoms with Crippen molar-refractivity contribution in [2.24, 2.45) is 0 Å². The van der Waals surface area contributed by atoms with Crippen LogP contribution >= 0.6 is 0 Å². The van der Waals surface area contributed by atoms with Gasteiger partial charge in [0.15, 0.2) is 0 Å². The summed E-state index contributed by atoms with van der Waals surface area (Å²) in [5.74, 6) is -0.779. The highest BCUT2D eigenvalue weighted by Crippen LogP contribution is 2.36. The first-order valence-corrected chi connectivity index (χ1v) is 11.6. The van der Waals surface area contributed by atoms with Gasteiger partial charge in [-0.15, -0.1) is 0 Å². The Labute approximate surface area is 166 Å². The molecule has 1 N–H and O–H groups in total. The van der Waals surface area contributed by atoms with E-state index in [0.717, 1.165) is 24.7 Å². The fourth-order valence-corrected chi connectivity index (χ4v) is 3.80. The summed E-state index contributed by atoms with van der Waals surface area (Å²) in [7, 11) is -4.31. The zero-order valence-corrected chi connectivity index (χ0v) is 17.2. The smallest absolute Gasteiger partial charge is 0.526 e. The molecule has 0 radical (unpaired) electrons. The molecule has 0 unspecified atom stereocenters. The highest BCUT2D eigenvalue weighted by molar-refractivity contribution is 7.90. The van der Waals surface area contributed by atoms with E-state index in [1.54, 1.807) is 18.2 Å². The number of rotatable bonds is 10. The van der Waals surface area contributed by atoms with Crippen molar-refractivity contribution in [1.82, 2.24) is 0 Å². The number of hydrogen-bond donors (Lipinski definition) is 1. The summed E-state index contributed by atoms with van der Waals surface area (Å²) in [6.45, 7) is 2.33. The minimum atomic E-state index is -3.10. The summed E-state index contributed by atoms with van der Waals surface area (Å²) in [6, 6.07) is 5.11. The number of carbonyl (C=O) groups is 2. The molecule has 1 atom stereocenters. The molecule has 1 aromatic rings. The number of sulfone groups is 1. The van der Waals surface area contributed by atoms with Crippen molar-refractivity contribution in [1.29, 1.82) is 0 Å². The van der Waals surface area contributed by atoms with Crippen molar-refractivity contribution in [2.75, 3.05) is 18.6 Å². The molecule has 7 nitrogen and oxygen atoms in total. The van der Waals surface area contributed by atoms with E-state index in [2.05, 4.69) is 0 Å². The lowest BCUT2D eigenvalue weighted by molar-refractivity contribution is -0.119. The largest absolute Gasteiger partial charge is 0.535 e. The molecule has 0 amide bonds. The first kappa shape index (κ1) is 22.4. The third-order valence-corrected chi connectivity index (χ3v) is 5.66. The number of carbonyl (C=O) groups excluding carboxylic acids is 2. The van der Waals surface area contributed by atoms with E-state index in [-0.39, 0.29) is 36.4 Å². The Morgan fingerprint density at radius 1 is 1.32 bits per heavy atom. The SMILES string of the molecule is CCCCOC(=O)c1cccc2c1OB(O)[C@@H](CC(=O)CCCS(C)(=O)=O)C2. The number of ether oxygens (including phenoxy) is 1. The summed E-state index contributed by atoms with van der Waals surface area (Å²) < 4.78 is 33.1. The lowest BCUT2D eigenvalue weighted by Crippen LogP contribution is -2.36. The van der Waals surface area contributed by atoms with Crippen LogP contribution in [0.4, 0.5) is 0 Å². The Morgan fingerprint density at radius 3 is 2.75 bits per heavy atom. The summed E-state index contributed by atoms with van der Waals surface area (Å²) in [5.41, 5.74) is 1.01. The summed E-state index contributed by atoms with van der Waals surface area (Å²) >= 11 is 0. The Hall–Kier alpha value is -1.87. The minimum absolute atomic E-state index is 0.0329.